The van der Waals surface area contributed by atoms with E-state index in [9.17, 15) is 4.79 Å². The Morgan fingerprint density at radius 3 is 1.84 bits per heavy atom. The van der Waals surface area contributed by atoms with E-state index in [0.717, 1.165) is 6.42 Å². The lowest BCUT2D eigenvalue weighted by molar-refractivity contribution is -0.118. The molecule has 2 aromatic carbocycles. The molecule has 25 heavy (non-hydrogen) atoms. The minimum Gasteiger partial charge on any atom is -0.407 e. The van der Waals surface area contributed by atoms with Gasteiger partial charge in [-0.25, -0.2) is 0 Å². The molecule has 3 rings (SSSR count). The van der Waals surface area contributed by atoms with Crippen LogP contribution in [0.2, 0.25) is 5.04 Å². The Labute approximate surface area is 152 Å². The third kappa shape index (κ3) is 3.49. The SMILES string of the molecule is CC(=O)C1CC1CO[Si](c1ccccc1)(c1ccccc1)C(C)(C)C. The lowest BCUT2D eigenvalue weighted by Crippen LogP contribution is -2.66. The molecule has 0 spiro atoms. The Morgan fingerprint density at radius 1 is 1.00 bits per heavy atom. The summed E-state index contributed by atoms with van der Waals surface area (Å²) < 4.78 is 6.86. The van der Waals surface area contributed by atoms with E-state index >= 15 is 0 Å². The second-order valence-electron chi connectivity index (χ2n) is 8.19. The van der Waals surface area contributed by atoms with Crippen molar-refractivity contribution in [2.75, 3.05) is 6.61 Å². The van der Waals surface area contributed by atoms with Crippen LogP contribution in [-0.2, 0) is 9.22 Å². The molecule has 0 amide bonds. The van der Waals surface area contributed by atoms with Crippen molar-refractivity contribution in [1.29, 1.82) is 0 Å². The van der Waals surface area contributed by atoms with Crippen LogP contribution >= 0.6 is 0 Å². The minimum absolute atomic E-state index is 0.00365. The number of ketones is 1. The van der Waals surface area contributed by atoms with Crippen LogP contribution in [0, 0.1) is 11.8 Å². The van der Waals surface area contributed by atoms with Crippen LogP contribution in [0.4, 0.5) is 0 Å². The number of rotatable bonds is 6. The van der Waals surface area contributed by atoms with Gasteiger partial charge in [-0.05, 0) is 34.7 Å². The molecule has 1 fully saturated rings. The zero-order chi connectivity index (χ0) is 18.1. The largest absolute Gasteiger partial charge is 0.407 e. The maximum atomic E-state index is 11.6. The molecule has 0 radical (unpaired) electrons. The van der Waals surface area contributed by atoms with E-state index in [1.165, 1.54) is 10.4 Å². The summed E-state index contributed by atoms with van der Waals surface area (Å²) in [6.45, 7) is 9.24. The van der Waals surface area contributed by atoms with Crippen LogP contribution in [0.5, 0.6) is 0 Å². The Balaban J connectivity index is 2.02. The molecule has 1 aliphatic carbocycles. The third-order valence-electron chi connectivity index (χ3n) is 5.38. The summed E-state index contributed by atoms with van der Waals surface area (Å²) in [6, 6.07) is 21.4. The summed E-state index contributed by atoms with van der Waals surface area (Å²) in [7, 11) is -2.45. The molecular formula is C22H28O2Si. The Bertz CT molecular complexity index is 679. The van der Waals surface area contributed by atoms with Crippen LogP contribution in [0.1, 0.15) is 34.1 Å². The quantitative estimate of drug-likeness (QED) is 0.740. The van der Waals surface area contributed by atoms with Gasteiger partial charge in [-0.15, -0.1) is 0 Å². The Morgan fingerprint density at radius 2 is 1.48 bits per heavy atom. The van der Waals surface area contributed by atoms with Gasteiger partial charge in [0.1, 0.15) is 5.78 Å². The van der Waals surface area contributed by atoms with E-state index in [1.54, 1.807) is 6.92 Å². The van der Waals surface area contributed by atoms with Gasteiger partial charge in [0.25, 0.3) is 8.32 Å². The molecule has 2 unspecified atom stereocenters. The number of hydrogen-bond donors (Lipinski definition) is 0. The molecule has 2 aromatic rings. The van der Waals surface area contributed by atoms with Crippen molar-refractivity contribution < 1.29 is 9.22 Å². The first-order valence-electron chi connectivity index (χ1n) is 9.12. The van der Waals surface area contributed by atoms with E-state index in [2.05, 4.69) is 81.4 Å². The lowest BCUT2D eigenvalue weighted by Gasteiger charge is -2.43. The van der Waals surface area contributed by atoms with E-state index in [4.69, 9.17) is 4.43 Å². The Kier molecular flexibility index (Phi) is 4.98. The molecule has 3 heteroatoms. The summed E-state index contributed by atoms with van der Waals surface area (Å²) in [5.74, 6) is 0.897. The molecule has 0 heterocycles. The average molecular weight is 353 g/mol. The van der Waals surface area contributed by atoms with Crippen molar-refractivity contribution in [3.05, 3.63) is 60.7 Å². The van der Waals surface area contributed by atoms with E-state index < -0.39 is 8.32 Å². The number of Topliss-reactive ketones (excluding diaryl/α,β-unsaturated/α-hetero) is 1. The highest BCUT2D eigenvalue weighted by Gasteiger charge is 2.52. The van der Waals surface area contributed by atoms with Crippen LogP contribution < -0.4 is 10.4 Å². The number of benzene rings is 2. The fraction of sp³-hybridized carbons (Fsp3) is 0.409. The van der Waals surface area contributed by atoms with Gasteiger partial charge in [-0.1, -0.05) is 81.4 Å². The average Bonchev–Trinajstić information content (AvgIpc) is 3.36. The lowest BCUT2D eigenvalue weighted by atomic mass is 10.2. The standard InChI is InChI=1S/C22H28O2Si/c1-17(23)21-15-18(21)16-24-25(22(2,3)4,19-11-7-5-8-12-19)20-13-9-6-10-14-20/h5-14,18,21H,15-16H2,1-4H3. The number of carbonyl (C=O) groups is 1. The van der Waals surface area contributed by atoms with Gasteiger partial charge in [0, 0.05) is 12.5 Å². The minimum atomic E-state index is -2.45. The summed E-state index contributed by atoms with van der Waals surface area (Å²) in [6.07, 6.45) is 0.980. The number of carbonyl (C=O) groups excluding carboxylic acids is 1. The van der Waals surface area contributed by atoms with Gasteiger partial charge >= 0.3 is 0 Å². The second kappa shape index (κ2) is 6.89. The highest BCUT2D eigenvalue weighted by molar-refractivity contribution is 6.99. The van der Waals surface area contributed by atoms with Gasteiger partial charge in [0.15, 0.2) is 0 Å². The summed E-state index contributed by atoms with van der Waals surface area (Å²) in [5, 5.41) is 2.60. The van der Waals surface area contributed by atoms with Gasteiger partial charge in [-0.2, -0.15) is 0 Å². The van der Waals surface area contributed by atoms with Crippen LogP contribution in [0.15, 0.2) is 60.7 Å². The van der Waals surface area contributed by atoms with Gasteiger partial charge in [0.05, 0.1) is 0 Å². The summed E-state index contributed by atoms with van der Waals surface area (Å²) in [5.41, 5.74) is 0. The van der Waals surface area contributed by atoms with Crippen molar-refractivity contribution in [2.24, 2.45) is 11.8 Å². The molecule has 2 atom stereocenters. The van der Waals surface area contributed by atoms with Crippen molar-refractivity contribution in [3.63, 3.8) is 0 Å². The topological polar surface area (TPSA) is 26.3 Å². The predicted octanol–water partition coefficient (Wildman–Crippen LogP) is 3.79. The number of hydrogen-bond acceptors (Lipinski definition) is 2. The van der Waals surface area contributed by atoms with Crippen LogP contribution in [-0.4, -0.2) is 20.7 Å². The molecule has 0 saturated heterocycles. The highest BCUT2D eigenvalue weighted by Crippen LogP contribution is 2.42. The molecule has 0 aliphatic heterocycles. The van der Waals surface area contributed by atoms with Crippen LogP contribution in [0.25, 0.3) is 0 Å². The first kappa shape index (κ1) is 18.1. The fourth-order valence-corrected chi connectivity index (χ4v) is 8.54. The first-order chi connectivity index (χ1) is 11.9. The maximum absolute atomic E-state index is 11.6. The van der Waals surface area contributed by atoms with Gasteiger partial charge < -0.3 is 4.43 Å². The molecule has 1 saturated carbocycles. The smallest absolute Gasteiger partial charge is 0.261 e. The van der Waals surface area contributed by atoms with E-state index in [-0.39, 0.29) is 11.0 Å². The second-order valence-corrected chi connectivity index (χ2v) is 12.5. The van der Waals surface area contributed by atoms with Crippen LogP contribution in [0.3, 0.4) is 0 Å². The maximum Gasteiger partial charge on any atom is 0.261 e. The van der Waals surface area contributed by atoms with Crippen molar-refractivity contribution in [2.45, 2.75) is 39.2 Å². The van der Waals surface area contributed by atoms with Crippen molar-refractivity contribution in [1.82, 2.24) is 0 Å². The normalized spacial score (nSPS) is 20.3. The predicted molar refractivity (Wildman–Crippen MR) is 106 cm³/mol. The summed E-state index contributed by atoms with van der Waals surface area (Å²) >= 11 is 0. The molecule has 1 aliphatic rings. The molecule has 0 N–H and O–H groups in total. The zero-order valence-electron chi connectivity index (χ0n) is 15.7. The fourth-order valence-electron chi connectivity index (χ4n) is 3.92. The van der Waals surface area contributed by atoms with Gasteiger partial charge in [-0.3, -0.25) is 4.79 Å². The van der Waals surface area contributed by atoms with E-state index in [1.807, 2.05) is 0 Å². The molecule has 0 bridgehead atoms. The van der Waals surface area contributed by atoms with E-state index in [0.29, 0.717) is 18.3 Å². The molecule has 2 nitrogen and oxygen atoms in total. The molecular weight excluding hydrogens is 324 g/mol. The summed E-state index contributed by atoms with van der Waals surface area (Å²) in [4.78, 5) is 11.6. The third-order valence-corrected chi connectivity index (χ3v) is 10.4. The first-order valence-corrected chi connectivity index (χ1v) is 11.0. The molecule has 132 valence electrons. The Hall–Kier alpha value is -1.71. The monoisotopic (exact) mass is 352 g/mol. The molecule has 0 aromatic heterocycles. The van der Waals surface area contributed by atoms with Crippen molar-refractivity contribution >= 4 is 24.5 Å². The van der Waals surface area contributed by atoms with Crippen molar-refractivity contribution in [3.8, 4) is 0 Å². The van der Waals surface area contributed by atoms with Gasteiger partial charge in [0.2, 0.25) is 0 Å². The highest BCUT2D eigenvalue weighted by atomic mass is 28.4. The zero-order valence-corrected chi connectivity index (χ0v) is 16.7.